The highest BCUT2D eigenvalue weighted by molar-refractivity contribution is 5.63. The van der Waals surface area contributed by atoms with Crippen molar-refractivity contribution in [3.63, 3.8) is 0 Å². The van der Waals surface area contributed by atoms with Gasteiger partial charge in [-0.1, -0.05) is 43.8 Å². The second-order valence-corrected chi connectivity index (χ2v) is 7.76. The van der Waals surface area contributed by atoms with Crippen LogP contribution in [0.2, 0.25) is 0 Å². The largest absolute Gasteiger partial charge is 0.489 e. The molecule has 0 fully saturated rings. The Hall–Kier alpha value is -3.34. The van der Waals surface area contributed by atoms with Crippen LogP contribution in [0.15, 0.2) is 79.5 Å². The number of para-hydroxylation sites is 1. The van der Waals surface area contributed by atoms with Gasteiger partial charge < -0.3 is 14.8 Å². The van der Waals surface area contributed by atoms with Gasteiger partial charge in [0.1, 0.15) is 29.5 Å². The minimum absolute atomic E-state index is 0.0104. The fourth-order valence-corrected chi connectivity index (χ4v) is 2.86. The van der Waals surface area contributed by atoms with Gasteiger partial charge in [0.2, 0.25) is 0 Å². The summed E-state index contributed by atoms with van der Waals surface area (Å²) in [7, 11) is 0. The number of nitrogens with one attached hydrogen (secondary N) is 1. The quantitative estimate of drug-likeness (QED) is 0.396. The van der Waals surface area contributed by atoms with Crippen LogP contribution in [0, 0.1) is 0 Å². The van der Waals surface area contributed by atoms with Crippen molar-refractivity contribution in [2.75, 3.05) is 6.61 Å². The maximum Gasteiger partial charge on any atom is 0.141 e. The lowest BCUT2D eigenvalue weighted by molar-refractivity contribution is 0.0982. The van der Waals surface area contributed by atoms with Gasteiger partial charge >= 0.3 is 0 Å². The number of aromatic nitrogens is 1. The molecule has 1 N–H and O–H groups in total. The van der Waals surface area contributed by atoms with Gasteiger partial charge in [0.25, 0.3) is 0 Å². The van der Waals surface area contributed by atoms with Crippen LogP contribution in [-0.2, 0) is 0 Å². The molecule has 0 saturated heterocycles. The molecule has 5 heteroatoms. The fraction of sp³-hybridized carbons (Fsp3) is 0.269. The Morgan fingerprint density at radius 1 is 1.06 bits per heavy atom. The van der Waals surface area contributed by atoms with E-state index in [4.69, 9.17) is 9.47 Å². The van der Waals surface area contributed by atoms with Crippen LogP contribution < -0.4 is 14.8 Å². The molecule has 1 aromatic heterocycles. The Kier molecular flexibility index (Phi) is 7.29. The predicted molar refractivity (Wildman–Crippen MR) is 123 cm³/mol. The molecule has 0 saturated carbocycles. The normalized spacial score (nSPS) is 13.7. The number of hydrogen-bond acceptors (Lipinski definition) is 4. The van der Waals surface area contributed by atoms with Crippen molar-refractivity contribution in [2.45, 2.75) is 38.9 Å². The number of hydrogen-bond donors (Lipinski definition) is 1. The monoisotopic (exact) mass is 420 g/mol. The molecule has 1 heterocycles. The molecule has 0 radical (unpaired) electrons. The first-order valence-corrected chi connectivity index (χ1v) is 10.4. The van der Waals surface area contributed by atoms with Crippen molar-refractivity contribution in [1.29, 1.82) is 0 Å². The number of alkyl halides is 1. The van der Waals surface area contributed by atoms with E-state index >= 15 is 0 Å². The van der Waals surface area contributed by atoms with Crippen LogP contribution >= 0.6 is 0 Å². The molecular formula is C26H29FN2O2. The van der Waals surface area contributed by atoms with Crippen LogP contribution in [0.25, 0.3) is 5.70 Å². The molecule has 162 valence electrons. The topological polar surface area (TPSA) is 43.4 Å². The van der Waals surface area contributed by atoms with Gasteiger partial charge in [-0.05, 0) is 56.7 Å². The van der Waals surface area contributed by atoms with E-state index in [1.807, 2.05) is 73.7 Å². The summed E-state index contributed by atoms with van der Waals surface area (Å²) in [4.78, 5) is 4.45. The lowest BCUT2D eigenvalue weighted by Crippen LogP contribution is -2.26. The zero-order valence-corrected chi connectivity index (χ0v) is 18.3. The SMILES string of the molecule is C=C(N[C@H](C)c1ccc(OCC(C)(F)CC)cn1)c1cccc(Oc2ccccc2)c1. The molecule has 3 aromatic rings. The number of benzene rings is 2. The first-order valence-electron chi connectivity index (χ1n) is 10.4. The summed E-state index contributed by atoms with van der Waals surface area (Å²) >= 11 is 0. The molecule has 0 aliphatic rings. The Labute approximate surface area is 183 Å². The third-order valence-corrected chi connectivity index (χ3v) is 5.03. The van der Waals surface area contributed by atoms with Gasteiger partial charge in [-0.25, -0.2) is 4.39 Å². The Morgan fingerprint density at radius 2 is 1.81 bits per heavy atom. The van der Waals surface area contributed by atoms with Gasteiger partial charge in [-0.2, -0.15) is 0 Å². The van der Waals surface area contributed by atoms with E-state index in [1.165, 1.54) is 6.92 Å². The van der Waals surface area contributed by atoms with E-state index in [9.17, 15) is 4.39 Å². The molecule has 3 rings (SSSR count). The molecule has 2 aromatic carbocycles. The number of nitrogens with zero attached hydrogens (tertiary/aromatic N) is 1. The molecule has 0 aliphatic heterocycles. The molecule has 0 bridgehead atoms. The highest BCUT2D eigenvalue weighted by atomic mass is 19.1. The average molecular weight is 421 g/mol. The van der Waals surface area contributed by atoms with Crippen LogP contribution in [0.1, 0.15) is 44.5 Å². The van der Waals surface area contributed by atoms with Crippen LogP contribution in [0.5, 0.6) is 17.2 Å². The summed E-state index contributed by atoms with van der Waals surface area (Å²) in [5, 5.41) is 3.38. The number of rotatable bonds is 10. The molecule has 0 spiro atoms. The second-order valence-electron chi connectivity index (χ2n) is 7.76. The molecule has 0 amide bonds. The van der Waals surface area contributed by atoms with Crippen molar-refractivity contribution >= 4 is 5.70 Å². The third-order valence-electron chi connectivity index (χ3n) is 5.03. The van der Waals surface area contributed by atoms with Gasteiger partial charge in [0.15, 0.2) is 0 Å². The zero-order chi connectivity index (χ0) is 22.3. The van der Waals surface area contributed by atoms with Gasteiger partial charge in [0, 0.05) is 11.3 Å². The molecule has 4 nitrogen and oxygen atoms in total. The number of halogens is 1. The van der Waals surface area contributed by atoms with Gasteiger partial charge in [-0.15, -0.1) is 0 Å². The van der Waals surface area contributed by atoms with E-state index < -0.39 is 5.67 Å². The second kappa shape index (κ2) is 10.1. The standard InChI is InChI=1S/C26H29FN2O2/c1-5-26(4,27)18-30-24-14-15-25(28-17-24)20(3)29-19(2)21-10-9-13-23(16-21)31-22-11-7-6-8-12-22/h6-17,20,29H,2,5,18H2,1,3-4H3/t20-,26?/m1/s1. The first-order chi connectivity index (χ1) is 14.9. The number of pyridine rings is 1. The first kappa shape index (κ1) is 22.3. The maximum absolute atomic E-state index is 14.0. The van der Waals surface area contributed by atoms with E-state index in [2.05, 4.69) is 16.9 Å². The van der Waals surface area contributed by atoms with Crippen molar-refractivity contribution < 1.29 is 13.9 Å². The predicted octanol–water partition coefficient (Wildman–Crippen LogP) is 6.71. The summed E-state index contributed by atoms with van der Waals surface area (Å²) in [6, 6.07) is 21.0. The van der Waals surface area contributed by atoms with E-state index in [-0.39, 0.29) is 12.6 Å². The molecular weight excluding hydrogens is 391 g/mol. The van der Waals surface area contributed by atoms with Crippen LogP contribution in [0.4, 0.5) is 4.39 Å². The lowest BCUT2D eigenvalue weighted by atomic mass is 10.1. The molecule has 1 unspecified atom stereocenters. The Bertz CT molecular complexity index is 988. The smallest absolute Gasteiger partial charge is 0.141 e. The minimum atomic E-state index is -1.34. The van der Waals surface area contributed by atoms with Crippen LogP contribution in [-0.4, -0.2) is 17.3 Å². The third kappa shape index (κ3) is 6.57. The highest BCUT2D eigenvalue weighted by Crippen LogP contribution is 2.25. The minimum Gasteiger partial charge on any atom is -0.489 e. The summed E-state index contributed by atoms with van der Waals surface area (Å²) < 4.78 is 25.4. The summed E-state index contributed by atoms with van der Waals surface area (Å²) in [5.41, 5.74) is 1.19. The average Bonchev–Trinajstić information content (AvgIpc) is 2.79. The summed E-state index contributed by atoms with van der Waals surface area (Å²) in [6.45, 7) is 9.51. The molecule has 0 aliphatic carbocycles. The van der Waals surface area contributed by atoms with Crippen molar-refractivity contribution in [3.05, 3.63) is 90.8 Å². The van der Waals surface area contributed by atoms with Gasteiger partial charge in [-0.3, -0.25) is 4.98 Å². The van der Waals surface area contributed by atoms with E-state index in [0.29, 0.717) is 12.2 Å². The van der Waals surface area contributed by atoms with Gasteiger partial charge in [0.05, 0.1) is 17.9 Å². The lowest BCUT2D eigenvalue weighted by Gasteiger charge is -2.20. The number of ether oxygens (including phenoxy) is 2. The Morgan fingerprint density at radius 3 is 2.48 bits per heavy atom. The van der Waals surface area contributed by atoms with Crippen molar-refractivity contribution in [1.82, 2.24) is 10.3 Å². The summed E-state index contributed by atoms with van der Waals surface area (Å²) in [6.07, 6.45) is 2.02. The van der Waals surface area contributed by atoms with E-state index in [0.717, 1.165) is 28.5 Å². The van der Waals surface area contributed by atoms with E-state index in [1.54, 1.807) is 13.1 Å². The molecule has 2 atom stereocenters. The highest BCUT2D eigenvalue weighted by Gasteiger charge is 2.21. The summed E-state index contributed by atoms with van der Waals surface area (Å²) in [5.74, 6) is 2.08. The maximum atomic E-state index is 14.0. The Balaban J connectivity index is 1.59. The van der Waals surface area contributed by atoms with Crippen molar-refractivity contribution in [2.24, 2.45) is 0 Å². The fourth-order valence-electron chi connectivity index (χ4n) is 2.86. The zero-order valence-electron chi connectivity index (χ0n) is 18.3. The van der Waals surface area contributed by atoms with Crippen molar-refractivity contribution in [3.8, 4) is 17.2 Å². The van der Waals surface area contributed by atoms with Crippen LogP contribution in [0.3, 0.4) is 0 Å². The molecule has 31 heavy (non-hydrogen) atoms.